The average Bonchev–Trinajstić information content (AvgIpc) is 2.71. The lowest BCUT2D eigenvalue weighted by molar-refractivity contribution is -0.0696. The Morgan fingerprint density at radius 3 is 2.50 bits per heavy atom. The Labute approximate surface area is 96.2 Å². The summed E-state index contributed by atoms with van der Waals surface area (Å²) in [6.45, 7) is 1.91. The van der Waals surface area contributed by atoms with Gasteiger partial charge in [0, 0.05) is 0 Å². The second kappa shape index (κ2) is 3.44. The fraction of sp³-hybridized carbons (Fsp3) is 0.909. The van der Waals surface area contributed by atoms with Gasteiger partial charge in [0.15, 0.2) is 9.84 Å². The molecular formula is C11H17NO3S. The van der Waals surface area contributed by atoms with Crippen LogP contribution in [0.5, 0.6) is 0 Å². The molecule has 1 N–H and O–H groups in total. The Morgan fingerprint density at radius 2 is 2.12 bits per heavy atom. The number of aliphatic hydroxyl groups is 1. The summed E-state index contributed by atoms with van der Waals surface area (Å²) in [5.41, 5.74) is -2.17. The molecule has 0 radical (unpaired) electrons. The zero-order chi connectivity index (χ0) is 12.0. The van der Waals surface area contributed by atoms with Crippen molar-refractivity contribution in [2.45, 2.75) is 38.2 Å². The van der Waals surface area contributed by atoms with E-state index >= 15 is 0 Å². The molecule has 2 fully saturated rings. The highest BCUT2D eigenvalue weighted by atomic mass is 32.2. The van der Waals surface area contributed by atoms with Crippen molar-refractivity contribution in [2.75, 3.05) is 11.5 Å². The molecule has 1 aliphatic carbocycles. The molecule has 5 heteroatoms. The Bertz CT molecular complexity index is 439. The van der Waals surface area contributed by atoms with Gasteiger partial charge < -0.3 is 5.11 Å². The van der Waals surface area contributed by atoms with Gasteiger partial charge in [-0.3, -0.25) is 0 Å². The fourth-order valence-electron chi connectivity index (χ4n) is 3.25. The molecule has 0 aromatic heterocycles. The first-order chi connectivity index (χ1) is 7.35. The minimum Gasteiger partial charge on any atom is -0.388 e. The second-order valence-corrected chi connectivity index (χ2v) is 7.44. The van der Waals surface area contributed by atoms with Crippen molar-refractivity contribution in [3.05, 3.63) is 0 Å². The third kappa shape index (κ3) is 1.47. The summed E-state index contributed by atoms with van der Waals surface area (Å²) in [4.78, 5) is 0. The van der Waals surface area contributed by atoms with Gasteiger partial charge in [-0.05, 0) is 25.2 Å². The van der Waals surface area contributed by atoms with Gasteiger partial charge in [-0.1, -0.05) is 13.3 Å². The first-order valence-electron chi connectivity index (χ1n) is 5.69. The van der Waals surface area contributed by atoms with Crippen LogP contribution < -0.4 is 0 Å². The fourth-order valence-corrected chi connectivity index (χ4v) is 5.26. The average molecular weight is 243 g/mol. The molecule has 0 amide bonds. The molecule has 0 aromatic carbocycles. The van der Waals surface area contributed by atoms with Crippen LogP contribution in [0.15, 0.2) is 0 Å². The van der Waals surface area contributed by atoms with E-state index in [4.69, 9.17) is 0 Å². The van der Waals surface area contributed by atoms with Gasteiger partial charge >= 0.3 is 0 Å². The first kappa shape index (κ1) is 11.9. The zero-order valence-corrected chi connectivity index (χ0v) is 10.3. The maximum Gasteiger partial charge on any atom is 0.152 e. The summed E-state index contributed by atoms with van der Waals surface area (Å²) in [6, 6.07) is 2.12. The Hall–Kier alpha value is -0.600. The summed E-state index contributed by atoms with van der Waals surface area (Å²) >= 11 is 0. The Kier molecular flexibility index (Phi) is 2.56. The second-order valence-electron chi connectivity index (χ2n) is 5.25. The molecule has 1 saturated heterocycles. The third-order valence-electron chi connectivity index (χ3n) is 4.36. The van der Waals surface area contributed by atoms with E-state index in [1.165, 1.54) is 0 Å². The molecule has 2 rings (SSSR count). The van der Waals surface area contributed by atoms with E-state index in [1.54, 1.807) is 0 Å². The Morgan fingerprint density at radius 1 is 1.44 bits per heavy atom. The molecule has 1 saturated carbocycles. The first-order valence-corrected chi connectivity index (χ1v) is 7.51. The molecule has 0 spiro atoms. The van der Waals surface area contributed by atoms with Gasteiger partial charge in [-0.2, -0.15) is 5.26 Å². The van der Waals surface area contributed by atoms with Crippen molar-refractivity contribution in [3.63, 3.8) is 0 Å². The normalized spacial score (nSPS) is 46.7. The smallest absolute Gasteiger partial charge is 0.152 e. The van der Waals surface area contributed by atoms with Gasteiger partial charge in [0.1, 0.15) is 5.41 Å². The standard InChI is InChI=1S/C11H17NO3S/c1-9-3-2-4-11(9,13)10(7-12)5-6-16(14,15)8-10/h9,13H,2-6,8H2,1H3. The molecule has 2 aliphatic rings. The molecular weight excluding hydrogens is 226 g/mol. The minimum absolute atomic E-state index is 0.0143. The molecule has 16 heavy (non-hydrogen) atoms. The van der Waals surface area contributed by atoms with Crippen LogP contribution in [0, 0.1) is 22.7 Å². The summed E-state index contributed by atoms with van der Waals surface area (Å²) in [6.07, 6.45) is 2.59. The van der Waals surface area contributed by atoms with Crippen LogP contribution in [0.25, 0.3) is 0 Å². The van der Waals surface area contributed by atoms with Crippen LogP contribution in [0.1, 0.15) is 32.6 Å². The number of nitrogens with zero attached hydrogens (tertiary/aromatic N) is 1. The SMILES string of the molecule is CC1CCCC1(O)C1(C#N)CCS(=O)(=O)C1. The number of sulfone groups is 1. The summed E-state index contributed by atoms with van der Waals surface area (Å²) in [5.74, 6) is -0.118. The van der Waals surface area contributed by atoms with Crippen LogP contribution in [0.2, 0.25) is 0 Å². The Balaban J connectivity index is 2.41. The maximum atomic E-state index is 11.5. The number of hydrogen-bond acceptors (Lipinski definition) is 4. The van der Waals surface area contributed by atoms with Crippen molar-refractivity contribution in [1.29, 1.82) is 5.26 Å². The highest BCUT2D eigenvalue weighted by molar-refractivity contribution is 7.91. The molecule has 3 atom stereocenters. The van der Waals surface area contributed by atoms with Gasteiger partial charge in [0.2, 0.25) is 0 Å². The highest BCUT2D eigenvalue weighted by Crippen LogP contribution is 2.52. The molecule has 4 nitrogen and oxygen atoms in total. The quantitative estimate of drug-likeness (QED) is 0.741. The van der Waals surface area contributed by atoms with Crippen molar-refractivity contribution in [3.8, 4) is 6.07 Å². The van der Waals surface area contributed by atoms with Crippen LogP contribution in [-0.2, 0) is 9.84 Å². The summed E-state index contributed by atoms with van der Waals surface area (Å²) in [5, 5.41) is 20.0. The molecule has 1 heterocycles. The monoisotopic (exact) mass is 243 g/mol. The molecule has 90 valence electrons. The molecule has 1 aliphatic heterocycles. The molecule has 3 unspecified atom stereocenters. The predicted molar refractivity (Wildman–Crippen MR) is 59.3 cm³/mol. The number of nitriles is 1. The minimum atomic E-state index is -3.15. The van der Waals surface area contributed by atoms with E-state index in [0.29, 0.717) is 6.42 Å². The maximum absolute atomic E-state index is 11.5. The molecule has 0 bridgehead atoms. The summed E-state index contributed by atoms with van der Waals surface area (Å²) in [7, 11) is -3.15. The van der Waals surface area contributed by atoms with E-state index in [2.05, 4.69) is 6.07 Å². The van der Waals surface area contributed by atoms with Gasteiger partial charge in [0.25, 0.3) is 0 Å². The topological polar surface area (TPSA) is 78.2 Å². The predicted octanol–water partition coefficient (Wildman–Crippen LogP) is 0.866. The number of rotatable bonds is 1. The lowest BCUT2D eigenvalue weighted by atomic mass is 9.68. The van der Waals surface area contributed by atoms with Crippen LogP contribution in [0.3, 0.4) is 0 Å². The zero-order valence-electron chi connectivity index (χ0n) is 9.44. The van der Waals surface area contributed by atoms with Crippen molar-refractivity contribution in [1.82, 2.24) is 0 Å². The van der Waals surface area contributed by atoms with Crippen LogP contribution in [0.4, 0.5) is 0 Å². The lowest BCUT2D eigenvalue weighted by Crippen LogP contribution is -2.50. The van der Waals surface area contributed by atoms with E-state index in [-0.39, 0.29) is 23.8 Å². The van der Waals surface area contributed by atoms with Gasteiger partial charge in [0.05, 0.1) is 23.2 Å². The van der Waals surface area contributed by atoms with Crippen LogP contribution >= 0.6 is 0 Å². The third-order valence-corrected chi connectivity index (χ3v) is 6.12. The van der Waals surface area contributed by atoms with E-state index in [9.17, 15) is 18.8 Å². The molecule has 0 aromatic rings. The summed E-state index contributed by atoms with van der Waals surface area (Å²) < 4.78 is 23.1. The van der Waals surface area contributed by atoms with E-state index in [0.717, 1.165) is 12.8 Å². The van der Waals surface area contributed by atoms with E-state index in [1.807, 2.05) is 6.92 Å². The van der Waals surface area contributed by atoms with Crippen LogP contribution in [-0.4, -0.2) is 30.6 Å². The lowest BCUT2D eigenvalue weighted by Gasteiger charge is -2.39. The van der Waals surface area contributed by atoms with E-state index < -0.39 is 20.9 Å². The number of hydrogen-bond donors (Lipinski definition) is 1. The van der Waals surface area contributed by atoms with Crippen molar-refractivity contribution < 1.29 is 13.5 Å². The van der Waals surface area contributed by atoms with Gasteiger partial charge in [-0.25, -0.2) is 8.42 Å². The largest absolute Gasteiger partial charge is 0.388 e. The van der Waals surface area contributed by atoms with Crippen molar-refractivity contribution in [2.24, 2.45) is 11.3 Å². The van der Waals surface area contributed by atoms with Crippen molar-refractivity contribution >= 4 is 9.84 Å². The highest BCUT2D eigenvalue weighted by Gasteiger charge is 2.60. The van der Waals surface area contributed by atoms with Gasteiger partial charge in [-0.15, -0.1) is 0 Å².